The summed E-state index contributed by atoms with van der Waals surface area (Å²) in [6.45, 7) is 1.83. The molecule has 0 fully saturated rings. The van der Waals surface area contributed by atoms with Gasteiger partial charge in [-0.1, -0.05) is 23.2 Å². The minimum Gasteiger partial charge on any atom is -0.480 e. The van der Waals surface area contributed by atoms with E-state index in [1.165, 1.54) is 19.2 Å². The Kier molecular flexibility index (Phi) is 4.68. The number of benzene rings is 1. The van der Waals surface area contributed by atoms with Gasteiger partial charge >= 0.3 is 0 Å². The number of halogens is 3. The molecule has 1 aromatic carbocycles. The van der Waals surface area contributed by atoms with Crippen LogP contribution in [0.1, 0.15) is 18.5 Å². The quantitative estimate of drug-likeness (QED) is 0.830. The molecule has 1 aromatic heterocycles. The van der Waals surface area contributed by atoms with E-state index in [9.17, 15) is 4.39 Å². The molecule has 1 atom stereocenters. The number of pyridine rings is 1. The van der Waals surface area contributed by atoms with Crippen molar-refractivity contribution >= 4 is 28.9 Å². The van der Waals surface area contributed by atoms with Gasteiger partial charge in [0, 0.05) is 16.8 Å². The van der Waals surface area contributed by atoms with Crippen LogP contribution in [0.4, 0.5) is 10.1 Å². The highest BCUT2D eigenvalue weighted by Crippen LogP contribution is 2.35. The summed E-state index contributed by atoms with van der Waals surface area (Å²) in [4.78, 5) is 4.08. The topological polar surface area (TPSA) is 34.1 Å². The van der Waals surface area contributed by atoms with Gasteiger partial charge in [0.25, 0.3) is 0 Å². The number of aromatic nitrogens is 1. The molecule has 6 heteroatoms. The molecular weight excluding hydrogens is 302 g/mol. The predicted octanol–water partition coefficient (Wildman–Crippen LogP) is 4.71. The van der Waals surface area contributed by atoms with E-state index in [4.69, 9.17) is 27.9 Å². The Morgan fingerprint density at radius 2 is 2.05 bits per heavy atom. The van der Waals surface area contributed by atoms with Crippen LogP contribution in [0.25, 0.3) is 0 Å². The van der Waals surface area contributed by atoms with Crippen LogP contribution in [0, 0.1) is 5.82 Å². The van der Waals surface area contributed by atoms with Crippen molar-refractivity contribution in [3.05, 3.63) is 51.9 Å². The molecule has 0 aliphatic rings. The number of hydrogen-bond acceptors (Lipinski definition) is 3. The molecule has 0 aliphatic heterocycles. The monoisotopic (exact) mass is 314 g/mol. The molecule has 1 heterocycles. The highest BCUT2D eigenvalue weighted by molar-refractivity contribution is 6.36. The largest absolute Gasteiger partial charge is 0.480 e. The summed E-state index contributed by atoms with van der Waals surface area (Å²) in [5.74, 6) is -0.0548. The summed E-state index contributed by atoms with van der Waals surface area (Å²) in [7, 11) is 1.53. The molecule has 1 N–H and O–H groups in total. The first-order valence-corrected chi connectivity index (χ1v) is 6.69. The third kappa shape index (κ3) is 2.97. The highest BCUT2D eigenvalue weighted by Gasteiger charge is 2.18. The number of rotatable bonds is 4. The van der Waals surface area contributed by atoms with E-state index in [2.05, 4.69) is 10.3 Å². The lowest BCUT2D eigenvalue weighted by Gasteiger charge is -2.19. The Balaban J connectivity index is 2.33. The second-order valence-electron chi connectivity index (χ2n) is 4.18. The third-order valence-electron chi connectivity index (χ3n) is 2.85. The van der Waals surface area contributed by atoms with E-state index in [-0.39, 0.29) is 11.1 Å². The normalized spacial score (nSPS) is 12.1. The van der Waals surface area contributed by atoms with E-state index >= 15 is 0 Å². The number of nitrogens with one attached hydrogen (secondary N) is 1. The Labute approximate surface area is 126 Å². The smallest absolute Gasteiger partial charge is 0.237 e. The summed E-state index contributed by atoms with van der Waals surface area (Å²) < 4.78 is 18.7. The minimum absolute atomic E-state index is 0.0142. The maximum atomic E-state index is 13.5. The SMILES string of the molecule is COc1ncccc1NC(C)c1c(Cl)ccc(F)c1Cl. The van der Waals surface area contributed by atoms with Gasteiger partial charge in [0.15, 0.2) is 0 Å². The van der Waals surface area contributed by atoms with Crippen LogP contribution in [0.15, 0.2) is 30.5 Å². The number of ether oxygens (including phenoxy) is 1. The van der Waals surface area contributed by atoms with Gasteiger partial charge in [0.1, 0.15) is 5.82 Å². The van der Waals surface area contributed by atoms with Crippen molar-refractivity contribution in [3.8, 4) is 5.88 Å². The van der Waals surface area contributed by atoms with Gasteiger partial charge in [0.05, 0.1) is 23.9 Å². The molecule has 0 amide bonds. The van der Waals surface area contributed by atoms with Gasteiger partial charge in [-0.2, -0.15) is 0 Å². The van der Waals surface area contributed by atoms with Gasteiger partial charge in [-0.15, -0.1) is 0 Å². The Bertz CT molecular complexity index is 622. The average molecular weight is 315 g/mol. The van der Waals surface area contributed by atoms with Crippen LogP contribution in [0.3, 0.4) is 0 Å². The molecule has 0 aliphatic carbocycles. The number of methoxy groups -OCH3 is 1. The molecule has 3 nitrogen and oxygen atoms in total. The molecule has 0 radical (unpaired) electrons. The van der Waals surface area contributed by atoms with E-state index in [0.29, 0.717) is 22.2 Å². The zero-order valence-corrected chi connectivity index (χ0v) is 12.5. The predicted molar refractivity (Wildman–Crippen MR) is 79.2 cm³/mol. The molecule has 1 unspecified atom stereocenters. The fourth-order valence-corrected chi connectivity index (χ4v) is 2.61. The summed E-state index contributed by atoms with van der Waals surface area (Å²) in [6, 6.07) is 6.00. The van der Waals surface area contributed by atoms with Gasteiger partial charge < -0.3 is 10.1 Å². The second-order valence-corrected chi connectivity index (χ2v) is 4.97. The molecule has 2 aromatic rings. The Morgan fingerprint density at radius 1 is 1.30 bits per heavy atom. The summed E-state index contributed by atoms with van der Waals surface area (Å²) in [5.41, 5.74) is 1.18. The lowest BCUT2D eigenvalue weighted by molar-refractivity contribution is 0.399. The summed E-state index contributed by atoms with van der Waals surface area (Å²) in [5, 5.41) is 3.58. The molecule has 0 spiro atoms. The van der Waals surface area contributed by atoms with Crippen LogP contribution in [-0.2, 0) is 0 Å². The molecule has 20 heavy (non-hydrogen) atoms. The number of nitrogens with zero attached hydrogens (tertiary/aromatic N) is 1. The molecule has 0 bridgehead atoms. The van der Waals surface area contributed by atoms with Gasteiger partial charge in [-0.25, -0.2) is 9.37 Å². The fourth-order valence-electron chi connectivity index (χ4n) is 1.91. The zero-order valence-electron chi connectivity index (χ0n) is 11.0. The van der Waals surface area contributed by atoms with Gasteiger partial charge in [0.2, 0.25) is 5.88 Å². The molecular formula is C14H13Cl2FN2O. The van der Waals surface area contributed by atoms with E-state index in [1.807, 2.05) is 13.0 Å². The van der Waals surface area contributed by atoms with Crippen molar-refractivity contribution in [3.63, 3.8) is 0 Å². The first-order chi connectivity index (χ1) is 9.54. The first kappa shape index (κ1) is 14.9. The summed E-state index contributed by atoms with van der Waals surface area (Å²) >= 11 is 12.1. The zero-order chi connectivity index (χ0) is 14.7. The Morgan fingerprint density at radius 3 is 2.75 bits per heavy atom. The summed E-state index contributed by atoms with van der Waals surface area (Å²) in [6.07, 6.45) is 1.62. The maximum Gasteiger partial charge on any atom is 0.237 e. The maximum absolute atomic E-state index is 13.5. The minimum atomic E-state index is -0.502. The fraction of sp³-hybridized carbons (Fsp3) is 0.214. The van der Waals surface area contributed by atoms with Crippen LogP contribution < -0.4 is 10.1 Å². The van der Waals surface area contributed by atoms with Crippen LogP contribution in [0.2, 0.25) is 10.0 Å². The van der Waals surface area contributed by atoms with Crippen LogP contribution in [-0.4, -0.2) is 12.1 Å². The van der Waals surface area contributed by atoms with E-state index < -0.39 is 5.82 Å². The molecule has 2 rings (SSSR count). The lowest BCUT2D eigenvalue weighted by atomic mass is 10.1. The van der Waals surface area contributed by atoms with Crippen LogP contribution >= 0.6 is 23.2 Å². The molecule has 106 valence electrons. The average Bonchev–Trinajstić information content (AvgIpc) is 2.44. The van der Waals surface area contributed by atoms with E-state index in [0.717, 1.165) is 0 Å². The highest BCUT2D eigenvalue weighted by atomic mass is 35.5. The second kappa shape index (κ2) is 6.29. The van der Waals surface area contributed by atoms with Crippen molar-refractivity contribution in [1.29, 1.82) is 0 Å². The number of hydrogen-bond donors (Lipinski definition) is 1. The van der Waals surface area contributed by atoms with Crippen LogP contribution in [0.5, 0.6) is 5.88 Å². The Hall–Kier alpha value is -1.52. The van der Waals surface area contributed by atoms with Crippen molar-refractivity contribution in [2.24, 2.45) is 0 Å². The van der Waals surface area contributed by atoms with Crippen molar-refractivity contribution in [2.75, 3.05) is 12.4 Å². The lowest BCUT2D eigenvalue weighted by Crippen LogP contribution is -2.10. The van der Waals surface area contributed by atoms with E-state index in [1.54, 1.807) is 12.3 Å². The third-order valence-corrected chi connectivity index (χ3v) is 3.56. The first-order valence-electron chi connectivity index (χ1n) is 5.93. The van der Waals surface area contributed by atoms with Crippen molar-refractivity contribution < 1.29 is 9.13 Å². The van der Waals surface area contributed by atoms with Crippen molar-refractivity contribution in [2.45, 2.75) is 13.0 Å². The molecule has 0 saturated carbocycles. The number of anilines is 1. The molecule has 0 saturated heterocycles. The van der Waals surface area contributed by atoms with Gasteiger partial charge in [-0.05, 0) is 31.2 Å². The van der Waals surface area contributed by atoms with Gasteiger partial charge in [-0.3, -0.25) is 0 Å². The standard InChI is InChI=1S/C14H13Cl2FN2O/c1-8(12-9(15)5-6-10(17)13(12)16)19-11-4-3-7-18-14(11)20-2/h3-8,19H,1-2H3. The van der Waals surface area contributed by atoms with Crippen molar-refractivity contribution in [1.82, 2.24) is 4.98 Å².